The second-order valence-corrected chi connectivity index (χ2v) is 11.0. The van der Waals surface area contributed by atoms with Crippen LogP contribution in [0, 0.1) is 13.8 Å². The van der Waals surface area contributed by atoms with Crippen molar-refractivity contribution in [3.8, 4) is 11.1 Å². The predicted molar refractivity (Wildman–Crippen MR) is 151 cm³/mol. The van der Waals surface area contributed by atoms with E-state index in [1.54, 1.807) is 0 Å². The minimum absolute atomic E-state index is 0.296. The van der Waals surface area contributed by atoms with Crippen molar-refractivity contribution >= 4 is 28.0 Å². The van der Waals surface area contributed by atoms with E-state index < -0.39 is 11.1 Å². The van der Waals surface area contributed by atoms with Gasteiger partial charge in [0, 0.05) is 29.7 Å². The smallest absolute Gasteiger partial charge is 0.355 e. The summed E-state index contributed by atoms with van der Waals surface area (Å²) in [4.78, 5) is 14.1. The summed E-state index contributed by atoms with van der Waals surface area (Å²) in [6.45, 7) is 8.17. The van der Waals surface area contributed by atoms with E-state index in [0.29, 0.717) is 56.4 Å². The maximum Gasteiger partial charge on any atom is 0.355 e. The van der Waals surface area contributed by atoms with Crippen molar-refractivity contribution in [2.45, 2.75) is 64.5 Å². The van der Waals surface area contributed by atoms with Crippen LogP contribution in [0.15, 0.2) is 47.4 Å². The van der Waals surface area contributed by atoms with Gasteiger partial charge in [0.05, 0.1) is 41.6 Å². The number of hydrogen-bond donors (Lipinski definition) is 1. The summed E-state index contributed by atoms with van der Waals surface area (Å²) in [5.74, 6) is -0.325. The molecular formula is C30H35N3O5S. The van der Waals surface area contributed by atoms with Crippen molar-refractivity contribution in [1.29, 1.82) is 0 Å². The maximum atomic E-state index is 13.4. The van der Waals surface area contributed by atoms with Gasteiger partial charge in [-0.15, -0.1) is 0 Å². The molecule has 0 radical (unpaired) electrons. The Kier molecular flexibility index (Phi) is 8.60. The first-order valence-corrected chi connectivity index (χ1v) is 14.6. The van der Waals surface area contributed by atoms with Crippen molar-refractivity contribution in [2.75, 3.05) is 19.8 Å². The molecule has 0 saturated carbocycles. The van der Waals surface area contributed by atoms with Gasteiger partial charge in [-0.3, -0.25) is 9.28 Å². The molecule has 0 saturated heterocycles. The van der Waals surface area contributed by atoms with Gasteiger partial charge in [-0.2, -0.15) is 5.10 Å². The molecule has 0 aliphatic carbocycles. The number of nitrogens with zero attached hydrogens (tertiary/aromatic N) is 2. The zero-order valence-corrected chi connectivity index (χ0v) is 23.6. The molecule has 0 amide bonds. The molecule has 1 N–H and O–H groups in total. The number of aryl methyl sites for hydroxylation is 4. The highest BCUT2D eigenvalue weighted by Crippen LogP contribution is 2.38. The van der Waals surface area contributed by atoms with Crippen LogP contribution in [0.3, 0.4) is 0 Å². The molecule has 3 heterocycles. The number of carbonyl (C=O) groups excluding carboxylic acids is 1. The Hall–Kier alpha value is -3.27. The number of hydrogen-bond acceptors (Lipinski definition) is 6. The first-order valence-electron chi connectivity index (χ1n) is 13.5. The van der Waals surface area contributed by atoms with Gasteiger partial charge < -0.3 is 14.0 Å². The van der Waals surface area contributed by atoms with Gasteiger partial charge >= 0.3 is 5.97 Å². The van der Waals surface area contributed by atoms with E-state index in [1.807, 2.05) is 51.1 Å². The minimum atomic E-state index is -1.54. The van der Waals surface area contributed by atoms with Gasteiger partial charge in [-0.05, 0) is 64.2 Å². The maximum absolute atomic E-state index is 13.4. The van der Waals surface area contributed by atoms with Crippen LogP contribution in [0.1, 0.15) is 59.2 Å². The molecule has 1 unspecified atom stereocenters. The molecule has 1 aliphatic rings. The van der Waals surface area contributed by atoms with E-state index in [9.17, 15) is 9.00 Å². The van der Waals surface area contributed by atoms with Crippen LogP contribution in [0.5, 0.6) is 0 Å². The minimum Gasteiger partial charge on any atom is -0.461 e. The second kappa shape index (κ2) is 12.3. The first kappa shape index (κ1) is 27.3. The van der Waals surface area contributed by atoms with Gasteiger partial charge in [0.25, 0.3) is 0 Å². The molecule has 1 aliphatic heterocycles. The zero-order chi connectivity index (χ0) is 27.4. The Labute approximate surface area is 231 Å². The number of esters is 1. The van der Waals surface area contributed by atoms with Gasteiger partial charge in [0.1, 0.15) is 5.69 Å². The summed E-state index contributed by atoms with van der Waals surface area (Å²) in [6.07, 6.45) is 2.94. The van der Waals surface area contributed by atoms with Crippen LogP contribution >= 0.6 is 0 Å². The summed E-state index contributed by atoms with van der Waals surface area (Å²) in [5, 5.41) is 8.64. The van der Waals surface area contributed by atoms with Crippen LogP contribution in [-0.4, -0.2) is 44.8 Å². The number of rotatable bonds is 8. The van der Waals surface area contributed by atoms with Crippen molar-refractivity contribution in [1.82, 2.24) is 14.8 Å². The summed E-state index contributed by atoms with van der Waals surface area (Å²) in [5.41, 5.74) is 7.49. The Morgan fingerprint density at radius 1 is 1.15 bits per heavy atom. The summed E-state index contributed by atoms with van der Waals surface area (Å²) in [7, 11) is 0. The monoisotopic (exact) mass is 549 g/mol. The van der Waals surface area contributed by atoms with Crippen molar-refractivity contribution in [3.63, 3.8) is 0 Å². The molecule has 1 atom stereocenters. The van der Waals surface area contributed by atoms with Gasteiger partial charge in [0.15, 0.2) is 11.1 Å². The van der Waals surface area contributed by atoms with Crippen LogP contribution in [0.4, 0.5) is 0 Å². The highest BCUT2D eigenvalue weighted by atomic mass is 32.2. The number of aromatic nitrogens is 3. The number of para-hydroxylation sites is 1. The average molecular weight is 550 g/mol. The van der Waals surface area contributed by atoms with Gasteiger partial charge in [-0.1, -0.05) is 35.9 Å². The standard InChI is InChI=1S/C30H35N3O5S/c1-4-37-30(34)29-24(11-8-18-38-39(35)22-14-12-20(2)13-15-22)23-9-7-10-25-27-21(3)31-32-26(27)19-36-17-6-5-16-33(29)28(23)25/h7,9-10,12-15H,4-6,8,11,16-19H2,1-3H3,(H,31,32). The van der Waals surface area contributed by atoms with E-state index in [-0.39, 0.29) is 5.97 Å². The molecule has 0 fully saturated rings. The van der Waals surface area contributed by atoms with Crippen LogP contribution in [-0.2, 0) is 44.3 Å². The van der Waals surface area contributed by atoms with Gasteiger partial charge in [0.2, 0.25) is 0 Å². The highest BCUT2D eigenvalue weighted by Gasteiger charge is 2.27. The zero-order valence-electron chi connectivity index (χ0n) is 22.7. The molecule has 9 heteroatoms. The summed E-state index contributed by atoms with van der Waals surface area (Å²) < 4.78 is 31.9. The van der Waals surface area contributed by atoms with Crippen LogP contribution in [0.25, 0.3) is 22.0 Å². The lowest BCUT2D eigenvalue weighted by molar-refractivity contribution is 0.0512. The van der Waals surface area contributed by atoms with E-state index in [2.05, 4.69) is 26.9 Å². The molecule has 2 aromatic heterocycles. The second-order valence-electron chi connectivity index (χ2n) is 9.80. The first-order chi connectivity index (χ1) is 19.0. The van der Waals surface area contributed by atoms with Crippen molar-refractivity contribution < 1.29 is 22.7 Å². The highest BCUT2D eigenvalue weighted by molar-refractivity contribution is 7.80. The lowest BCUT2D eigenvalue weighted by Crippen LogP contribution is -2.15. The van der Waals surface area contributed by atoms with Crippen molar-refractivity contribution in [2.24, 2.45) is 0 Å². The number of nitrogens with one attached hydrogen (secondary N) is 1. The van der Waals surface area contributed by atoms with E-state index >= 15 is 0 Å². The molecule has 0 bridgehead atoms. The lowest BCUT2D eigenvalue weighted by atomic mass is 9.98. The molecule has 5 rings (SSSR count). The number of carbonyl (C=O) groups is 1. The third-order valence-corrected chi connectivity index (χ3v) is 8.13. The summed E-state index contributed by atoms with van der Waals surface area (Å²) >= 11 is -1.54. The Morgan fingerprint density at radius 2 is 1.97 bits per heavy atom. The quantitative estimate of drug-likeness (QED) is 0.220. The third kappa shape index (κ3) is 5.71. The molecule has 8 nitrogen and oxygen atoms in total. The Morgan fingerprint density at radius 3 is 2.77 bits per heavy atom. The number of ether oxygens (including phenoxy) is 2. The number of fused-ring (bicyclic) bond motifs is 2. The van der Waals surface area contributed by atoms with E-state index in [4.69, 9.17) is 13.7 Å². The molecule has 206 valence electrons. The molecular weight excluding hydrogens is 514 g/mol. The normalized spacial score (nSPS) is 14.5. The number of H-pyrrole nitrogens is 1. The van der Waals surface area contributed by atoms with Crippen LogP contribution < -0.4 is 0 Å². The molecule has 4 aromatic rings. The van der Waals surface area contributed by atoms with E-state index in [0.717, 1.165) is 57.4 Å². The van der Waals surface area contributed by atoms with Crippen LogP contribution in [0.2, 0.25) is 0 Å². The molecule has 39 heavy (non-hydrogen) atoms. The fourth-order valence-corrected chi connectivity index (χ4v) is 6.05. The molecule has 2 aromatic carbocycles. The fraction of sp³-hybridized carbons (Fsp3) is 0.400. The van der Waals surface area contributed by atoms with E-state index in [1.165, 1.54) is 0 Å². The predicted octanol–water partition coefficient (Wildman–Crippen LogP) is 5.81. The topological polar surface area (TPSA) is 95.4 Å². The van der Waals surface area contributed by atoms with Crippen molar-refractivity contribution in [3.05, 3.63) is 70.7 Å². The number of benzene rings is 2. The molecule has 0 spiro atoms. The fourth-order valence-electron chi connectivity index (χ4n) is 5.28. The third-order valence-electron chi connectivity index (χ3n) is 7.09. The Bertz CT molecular complexity index is 1490. The largest absolute Gasteiger partial charge is 0.461 e. The van der Waals surface area contributed by atoms with Gasteiger partial charge in [-0.25, -0.2) is 9.00 Å². The average Bonchev–Trinajstić information content (AvgIpc) is 3.44. The summed E-state index contributed by atoms with van der Waals surface area (Å²) in [6, 6.07) is 13.7. The number of aromatic amines is 1. The SMILES string of the molecule is CCOC(=O)c1c(CCCOS(=O)c2ccc(C)cc2)c2cccc3c2n1CCCCOCc1[nH]nc(C)c1-3. The Balaban J connectivity index is 1.53. The lowest BCUT2D eigenvalue weighted by Gasteiger charge is -2.13.